The Balaban J connectivity index is 1.99. The molecule has 21 heavy (non-hydrogen) atoms. The molecule has 1 aliphatic rings. The van der Waals surface area contributed by atoms with Crippen LogP contribution in [0.2, 0.25) is 0 Å². The minimum absolute atomic E-state index is 0.108. The molecule has 110 valence electrons. The Labute approximate surface area is 122 Å². The Morgan fingerprint density at radius 3 is 3.00 bits per heavy atom. The predicted octanol–water partition coefficient (Wildman–Crippen LogP) is 1.93. The van der Waals surface area contributed by atoms with Gasteiger partial charge >= 0.3 is 5.97 Å². The van der Waals surface area contributed by atoms with Crippen LogP contribution in [-0.4, -0.2) is 32.4 Å². The van der Waals surface area contributed by atoms with Gasteiger partial charge in [0.15, 0.2) is 5.82 Å². The second-order valence-electron chi connectivity index (χ2n) is 5.46. The van der Waals surface area contributed by atoms with E-state index in [4.69, 9.17) is 5.11 Å². The van der Waals surface area contributed by atoms with E-state index in [1.807, 2.05) is 4.68 Å². The number of rotatable bonds is 3. The van der Waals surface area contributed by atoms with Gasteiger partial charge in [-0.05, 0) is 31.4 Å². The number of nitrogens with one attached hydrogen (secondary N) is 1. The Morgan fingerprint density at radius 2 is 2.29 bits per heavy atom. The summed E-state index contributed by atoms with van der Waals surface area (Å²) in [6.45, 7) is 4.98. The van der Waals surface area contributed by atoms with Crippen molar-refractivity contribution < 1.29 is 9.90 Å². The summed E-state index contributed by atoms with van der Waals surface area (Å²) in [4.78, 5) is 15.1. The number of aryl methyl sites for hydroxylation is 2. The van der Waals surface area contributed by atoms with E-state index < -0.39 is 5.97 Å². The quantitative estimate of drug-likeness (QED) is 0.901. The van der Waals surface area contributed by atoms with Crippen molar-refractivity contribution in [3.8, 4) is 0 Å². The lowest BCUT2D eigenvalue weighted by molar-refractivity contribution is -0.136. The largest absolute Gasteiger partial charge is 0.481 e. The number of nitrogens with zero attached hydrogens (tertiary/aromatic N) is 3. The van der Waals surface area contributed by atoms with Crippen LogP contribution in [0.3, 0.4) is 0 Å². The second-order valence-corrected chi connectivity index (χ2v) is 5.46. The fourth-order valence-corrected chi connectivity index (χ4v) is 2.85. The maximum atomic E-state index is 10.8. The number of benzene rings is 1. The van der Waals surface area contributed by atoms with Gasteiger partial charge in [-0.2, -0.15) is 10.1 Å². The first-order chi connectivity index (χ1) is 10.0. The van der Waals surface area contributed by atoms with E-state index in [0.717, 1.165) is 13.0 Å². The third-order valence-electron chi connectivity index (χ3n) is 3.76. The monoisotopic (exact) mass is 286 g/mol. The highest BCUT2D eigenvalue weighted by Crippen LogP contribution is 2.30. The second kappa shape index (κ2) is 5.20. The molecule has 1 aromatic heterocycles. The molecular weight excluding hydrogens is 268 g/mol. The van der Waals surface area contributed by atoms with Crippen LogP contribution < -0.4 is 5.32 Å². The summed E-state index contributed by atoms with van der Waals surface area (Å²) in [6.07, 6.45) is 0.758. The molecule has 1 aromatic carbocycles. The summed E-state index contributed by atoms with van der Waals surface area (Å²) in [5.74, 6) is 0.0881. The zero-order chi connectivity index (χ0) is 15.0. The molecule has 0 radical (unpaired) electrons. The van der Waals surface area contributed by atoms with E-state index in [2.05, 4.69) is 47.4 Å². The third kappa shape index (κ3) is 2.61. The van der Waals surface area contributed by atoms with Crippen LogP contribution in [0.15, 0.2) is 18.2 Å². The Hall–Kier alpha value is -2.37. The predicted molar refractivity (Wildman–Crippen MR) is 78.5 cm³/mol. The lowest BCUT2D eigenvalue weighted by Crippen LogP contribution is -2.25. The van der Waals surface area contributed by atoms with Gasteiger partial charge in [0.2, 0.25) is 5.95 Å². The van der Waals surface area contributed by atoms with Crippen molar-refractivity contribution in [1.29, 1.82) is 0 Å². The number of fused-ring (bicyclic) bond motifs is 1. The molecular formula is C15H18N4O2. The number of carbonyl (C=O) groups is 1. The molecule has 2 N–H and O–H groups in total. The van der Waals surface area contributed by atoms with Gasteiger partial charge in [-0.1, -0.05) is 23.8 Å². The molecule has 1 unspecified atom stereocenters. The van der Waals surface area contributed by atoms with Crippen molar-refractivity contribution in [2.45, 2.75) is 32.7 Å². The summed E-state index contributed by atoms with van der Waals surface area (Å²) in [6, 6.07) is 6.49. The smallest absolute Gasteiger partial charge is 0.311 e. The molecule has 0 amide bonds. The lowest BCUT2D eigenvalue weighted by Gasteiger charge is -2.26. The van der Waals surface area contributed by atoms with Crippen molar-refractivity contribution in [3.63, 3.8) is 0 Å². The molecule has 6 nitrogen and oxygen atoms in total. The number of anilines is 1. The molecule has 2 heterocycles. The Bertz CT molecular complexity index is 693. The van der Waals surface area contributed by atoms with Crippen LogP contribution in [0.5, 0.6) is 0 Å². The Morgan fingerprint density at radius 1 is 1.48 bits per heavy atom. The molecule has 1 atom stereocenters. The summed E-state index contributed by atoms with van der Waals surface area (Å²) in [5, 5.41) is 16.4. The van der Waals surface area contributed by atoms with E-state index in [0.29, 0.717) is 11.8 Å². The first-order valence-corrected chi connectivity index (χ1v) is 7.03. The first kappa shape index (κ1) is 13.6. The maximum absolute atomic E-state index is 10.8. The minimum Gasteiger partial charge on any atom is -0.481 e. The van der Waals surface area contributed by atoms with E-state index in [1.54, 1.807) is 0 Å². The molecule has 6 heteroatoms. The van der Waals surface area contributed by atoms with Crippen LogP contribution in [0, 0.1) is 13.8 Å². The van der Waals surface area contributed by atoms with Gasteiger partial charge in [0, 0.05) is 6.54 Å². The number of aliphatic carboxylic acids is 1. The van der Waals surface area contributed by atoms with Crippen LogP contribution >= 0.6 is 0 Å². The third-order valence-corrected chi connectivity index (χ3v) is 3.76. The molecule has 3 rings (SSSR count). The number of aromatic nitrogens is 3. The number of hydrogen-bond donors (Lipinski definition) is 2. The average Bonchev–Trinajstić information content (AvgIpc) is 2.80. The highest BCUT2D eigenvalue weighted by molar-refractivity contribution is 5.69. The molecule has 1 aliphatic heterocycles. The van der Waals surface area contributed by atoms with Crippen LogP contribution in [0.25, 0.3) is 0 Å². The van der Waals surface area contributed by atoms with Crippen molar-refractivity contribution in [2.75, 3.05) is 11.9 Å². The maximum Gasteiger partial charge on any atom is 0.311 e. The summed E-state index contributed by atoms with van der Waals surface area (Å²) < 4.78 is 1.82. The fourth-order valence-electron chi connectivity index (χ4n) is 2.85. The zero-order valence-corrected chi connectivity index (χ0v) is 12.1. The molecule has 0 aliphatic carbocycles. The van der Waals surface area contributed by atoms with Crippen molar-refractivity contribution in [2.24, 2.45) is 0 Å². The Kier molecular flexibility index (Phi) is 3.37. The van der Waals surface area contributed by atoms with E-state index in [-0.39, 0.29) is 12.5 Å². The molecule has 0 spiro atoms. The summed E-state index contributed by atoms with van der Waals surface area (Å²) in [7, 11) is 0. The van der Waals surface area contributed by atoms with Crippen molar-refractivity contribution in [3.05, 3.63) is 40.7 Å². The fraction of sp³-hybridized carbons (Fsp3) is 0.400. The van der Waals surface area contributed by atoms with Crippen LogP contribution in [-0.2, 0) is 11.2 Å². The average molecular weight is 286 g/mol. The molecule has 2 aromatic rings. The lowest BCUT2D eigenvalue weighted by atomic mass is 9.96. The van der Waals surface area contributed by atoms with E-state index >= 15 is 0 Å². The molecule has 0 bridgehead atoms. The number of carboxylic acids is 1. The number of carboxylic acid groups (broad SMARTS) is 1. The van der Waals surface area contributed by atoms with Crippen molar-refractivity contribution in [1.82, 2.24) is 14.8 Å². The first-order valence-electron chi connectivity index (χ1n) is 7.03. The molecule has 0 saturated carbocycles. The van der Waals surface area contributed by atoms with Gasteiger partial charge in [0.25, 0.3) is 0 Å². The highest BCUT2D eigenvalue weighted by atomic mass is 16.4. The van der Waals surface area contributed by atoms with Gasteiger partial charge in [-0.3, -0.25) is 4.79 Å². The highest BCUT2D eigenvalue weighted by Gasteiger charge is 2.25. The summed E-state index contributed by atoms with van der Waals surface area (Å²) >= 11 is 0. The standard InChI is InChI=1S/C15H18N4O2/c1-9-3-4-11(10(2)7-9)12-5-6-16-15-17-13(8-14(20)21)18-19(12)15/h3-4,7,12H,5-6,8H2,1-2H3,(H,20,21)(H,16,17,18). The topological polar surface area (TPSA) is 80.0 Å². The van der Waals surface area contributed by atoms with E-state index in [9.17, 15) is 4.79 Å². The SMILES string of the molecule is Cc1ccc(C2CCNc3nc(CC(=O)O)nn32)c(C)c1. The number of hydrogen-bond acceptors (Lipinski definition) is 4. The van der Waals surface area contributed by atoms with Crippen LogP contribution in [0.1, 0.15) is 35.0 Å². The van der Waals surface area contributed by atoms with Gasteiger partial charge in [0.1, 0.15) is 6.42 Å². The van der Waals surface area contributed by atoms with Gasteiger partial charge < -0.3 is 10.4 Å². The van der Waals surface area contributed by atoms with Crippen LogP contribution in [0.4, 0.5) is 5.95 Å². The summed E-state index contributed by atoms with van der Waals surface area (Å²) in [5.41, 5.74) is 3.67. The normalized spacial score (nSPS) is 17.1. The van der Waals surface area contributed by atoms with Gasteiger partial charge in [0.05, 0.1) is 6.04 Å². The molecule has 0 fully saturated rings. The van der Waals surface area contributed by atoms with Crippen molar-refractivity contribution >= 4 is 11.9 Å². The zero-order valence-electron chi connectivity index (χ0n) is 12.1. The van der Waals surface area contributed by atoms with E-state index in [1.165, 1.54) is 16.7 Å². The van der Waals surface area contributed by atoms with Gasteiger partial charge in [-0.25, -0.2) is 4.68 Å². The molecule has 0 saturated heterocycles. The van der Waals surface area contributed by atoms with Gasteiger partial charge in [-0.15, -0.1) is 0 Å². The minimum atomic E-state index is -0.916.